The van der Waals surface area contributed by atoms with Gasteiger partial charge in [-0.3, -0.25) is 4.79 Å². The lowest BCUT2D eigenvalue weighted by Crippen LogP contribution is -2.06. The second-order valence-corrected chi connectivity index (χ2v) is 4.33. The maximum Gasteiger partial charge on any atom is 0.196 e. The van der Waals surface area contributed by atoms with E-state index in [0.29, 0.717) is 29.2 Å². The van der Waals surface area contributed by atoms with Gasteiger partial charge in [0, 0.05) is 11.3 Å². The topological polar surface area (TPSA) is 52.3 Å². The molecule has 0 saturated heterocycles. The molecule has 3 heteroatoms. The van der Waals surface area contributed by atoms with Crippen LogP contribution in [0, 0.1) is 6.92 Å². The zero-order valence-electron chi connectivity index (χ0n) is 11.1. The van der Waals surface area contributed by atoms with Gasteiger partial charge in [0.15, 0.2) is 5.78 Å². The Labute approximate surface area is 113 Å². The van der Waals surface area contributed by atoms with E-state index in [1.165, 1.54) is 0 Å². The lowest BCUT2D eigenvalue weighted by molar-refractivity contribution is 0.103. The fourth-order valence-corrected chi connectivity index (χ4v) is 1.91. The molecule has 0 radical (unpaired) electrons. The highest BCUT2D eigenvalue weighted by molar-refractivity contribution is 6.11. The number of anilines is 1. The van der Waals surface area contributed by atoms with E-state index in [2.05, 4.69) is 0 Å². The minimum atomic E-state index is -0.0489. The van der Waals surface area contributed by atoms with Crippen LogP contribution in [-0.2, 0) is 0 Å². The fraction of sp³-hybridized carbons (Fsp3) is 0.188. The Morgan fingerprint density at radius 1 is 1.21 bits per heavy atom. The van der Waals surface area contributed by atoms with Crippen molar-refractivity contribution in [3.63, 3.8) is 0 Å². The Balaban J connectivity index is 2.41. The summed E-state index contributed by atoms with van der Waals surface area (Å²) in [5.74, 6) is 0.566. The number of ether oxygens (including phenoxy) is 1. The number of nitrogen functional groups attached to an aromatic ring is 1. The van der Waals surface area contributed by atoms with Crippen LogP contribution in [0.4, 0.5) is 5.69 Å². The van der Waals surface area contributed by atoms with Gasteiger partial charge in [0.05, 0.1) is 12.2 Å². The van der Waals surface area contributed by atoms with E-state index < -0.39 is 0 Å². The summed E-state index contributed by atoms with van der Waals surface area (Å²) < 4.78 is 5.49. The lowest BCUT2D eigenvalue weighted by atomic mass is 10.0. The summed E-state index contributed by atoms with van der Waals surface area (Å²) in [6.07, 6.45) is 0. The van der Waals surface area contributed by atoms with Crippen LogP contribution in [0.3, 0.4) is 0 Å². The molecule has 0 unspecified atom stereocenters. The van der Waals surface area contributed by atoms with Gasteiger partial charge >= 0.3 is 0 Å². The van der Waals surface area contributed by atoms with Gasteiger partial charge in [0.1, 0.15) is 5.75 Å². The summed E-state index contributed by atoms with van der Waals surface area (Å²) in [5, 5.41) is 0. The van der Waals surface area contributed by atoms with Crippen LogP contribution in [-0.4, -0.2) is 12.4 Å². The van der Waals surface area contributed by atoms with Crippen molar-refractivity contribution < 1.29 is 9.53 Å². The standard InChI is InChI=1S/C16H17NO2/c1-3-19-15-7-5-4-6-13(15)16(18)12-8-9-14(17)11(2)10-12/h4-10H,3,17H2,1-2H3. The van der Waals surface area contributed by atoms with E-state index in [1.54, 1.807) is 30.3 Å². The molecule has 0 aliphatic carbocycles. The van der Waals surface area contributed by atoms with Crippen LogP contribution in [0.25, 0.3) is 0 Å². The van der Waals surface area contributed by atoms with E-state index in [9.17, 15) is 4.79 Å². The normalized spacial score (nSPS) is 10.2. The number of aryl methyl sites for hydroxylation is 1. The second-order valence-electron chi connectivity index (χ2n) is 4.33. The number of para-hydroxylation sites is 1. The van der Waals surface area contributed by atoms with Crippen molar-refractivity contribution in [2.45, 2.75) is 13.8 Å². The van der Waals surface area contributed by atoms with Gasteiger partial charge in [0.2, 0.25) is 0 Å². The summed E-state index contributed by atoms with van der Waals surface area (Å²) in [5.41, 5.74) is 8.56. The third kappa shape index (κ3) is 2.76. The number of hydrogen-bond acceptors (Lipinski definition) is 3. The van der Waals surface area contributed by atoms with Gasteiger partial charge in [0.25, 0.3) is 0 Å². The minimum absolute atomic E-state index is 0.0489. The predicted molar refractivity (Wildman–Crippen MR) is 76.6 cm³/mol. The van der Waals surface area contributed by atoms with Gasteiger partial charge in [-0.1, -0.05) is 12.1 Å². The van der Waals surface area contributed by atoms with Crippen molar-refractivity contribution in [2.75, 3.05) is 12.3 Å². The number of nitrogens with two attached hydrogens (primary N) is 1. The average Bonchev–Trinajstić information content (AvgIpc) is 2.42. The molecule has 0 spiro atoms. The molecule has 0 fully saturated rings. The zero-order chi connectivity index (χ0) is 13.8. The van der Waals surface area contributed by atoms with Crippen molar-refractivity contribution in [3.8, 4) is 5.75 Å². The first kappa shape index (κ1) is 13.1. The Morgan fingerprint density at radius 3 is 2.63 bits per heavy atom. The van der Waals surface area contributed by atoms with Crippen LogP contribution in [0.5, 0.6) is 5.75 Å². The molecule has 0 atom stereocenters. The number of carbonyl (C=O) groups excluding carboxylic acids is 1. The van der Waals surface area contributed by atoms with E-state index in [-0.39, 0.29) is 5.78 Å². The van der Waals surface area contributed by atoms with Gasteiger partial charge in [-0.15, -0.1) is 0 Å². The minimum Gasteiger partial charge on any atom is -0.493 e. The molecule has 0 saturated carbocycles. The Bertz CT molecular complexity index is 605. The van der Waals surface area contributed by atoms with Crippen LogP contribution in [0.1, 0.15) is 28.4 Å². The van der Waals surface area contributed by atoms with Crippen molar-refractivity contribution >= 4 is 11.5 Å². The number of ketones is 1. The summed E-state index contributed by atoms with van der Waals surface area (Å²) in [6, 6.07) is 12.6. The van der Waals surface area contributed by atoms with Crippen LogP contribution < -0.4 is 10.5 Å². The molecule has 0 aliphatic rings. The maximum atomic E-state index is 12.5. The highest BCUT2D eigenvalue weighted by Gasteiger charge is 2.14. The second kappa shape index (κ2) is 5.57. The summed E-state index contributed by atoms with van der Waals surface area (Å²) in [4.78, 5) is 12.5. The lowest BCUT2D eigenvalue weighted by Gasteiger charge is -2.10. The SMILES string of the molecule is CCOc1ccccc1C(=O)c1ccc(N)c(C)c1. The van der Waals surface area contributed by atoms with Gasteiger partial charge < -0.3 is 10.5 Å². The van der Waals surface area contributed by atoms with Crippen LogP contribution in [0.15, 0.2) is 42.5 Å². The fourth-order valence-electron chi connectivity index (χ4n) is 1.91. The average molecular weight is 255 g/mol. The van der Waals surface area contributed by atoms with E-state index in [0.717, 1.165) is 5.56 Å². The molecule has 0 amide bonds. The molecule has 0 heterocycles. The summed E-state index contributed by atoms with van der Waals surface area (Å²) >= 11 is 0. The molecule has 2 N–H and O–H groups in total. The molecule has 0 bridgehead atoms. The van der Waals surface area contributed by atoms with Crippen molar-refractivity contribution in [2.24, 2.45) is 0 Å². The predicted octanol–water partition coefficient (Wildman–Crippen LogP) is 3.21. The molecule has 2 aromatic carbocycles. The molecule has 98 valence electrons. The van der Waals surface area contributed by atoms with Crippen LogP contribution in [0.2, 0.25) is 0 Å². The summed E-state index contributed by atoms with van der Waals surface area (Å²) in [6.45, 7) is 4.32. The molecular weight excluding hydrogens is 238 g/mol. The van der Waals surface area contributed by atoms with Gasteiger partial charge in [-0.2, -0.15) is 0 Å². The summed E-state index contributed by atoms with van der Waals surface area (Å²) in [7, 11) is 0. The van der Waals surface area contributed by atoms with Crippen molar-refractivity contribution in [1.82, 2.24) is 0 Å². The molecule has 3 nitrogen and oxygen atoms in total. The largest absolute Gasteiger partial charge is 0.493 e. The maximum absolute atomic E-state index is 12.5. The number of hydrogen-bond donors (Lipinski definition) is 1. The van der Waals surface area contributed by atoms with Crippen molar-refractivity contribution in [3.05, 3.63) is 59.2 Å². The first-order chi connectivity index (χ1) is 9.13. The molecule has 2 aromatic rings. The number of carbonyl (C=O) groups is 1. The first-order valence-electron chi connectivity index (χ1n) is 6.26. The van der Waals surface area contributed by atoms with Gasteiger partial charge in [-0.05, 0) is 49.7 Å². The van der Waals surface area contributed by atoms with E-state index in [4.69, 9.17) is 10.5 Å². The Hall–Kier alpha value is -2.29. The molecular formula is C16H17NO2. The molecule has 19 heavy (non-hydrogen) atoms. The van der Waals surface area contributed by atoms with Gasteiger partial charge in [-0.25, -0.2) is 0 Å². The van der Waals surface area contributed by atoms with Crippen molar-refractivity contribution in [1.29, 1.82) is 0 Å². The highest BCUT2D eigenvalue weighted by atomic mass is 16.5. The molecule has 0 aliphatic heterocycles. The monoisotopic (exact) mass is 255 g/mol. The molecule has 2 rings (SSSR count). The Morgan fingerprint density at radius 2 is 1.95 bits per heavy atom. The smallest absolute Gasteiger partial charge is 0.196 e. The first-order valence-corrected chi connectivity index (χ1v) is 6.26. The van der Waals surface area contributed by atoms with E-state index >= 15 is 0 Å². The highest BCUT2D eigenvalue weighted by Crippen LogP contribution is 2.23. The third-order valence-corrected chi connectivity index (χ3v) is 2.96. The number of rotatable bonds is 4. The Kier molecular flexibility index (Phi) is 3.85. The number of benzene rings is 2. The molecule has 0 aromatic heterocycles. The zero-order valence-corrected chi connectivity index (χ0v) is 11.1. The van der Waals surface area contributed by atoms with Crippen LogP contribution >= 0.6 is 0 Å². The van der Waals surface area contributed by atoms with E-state index in [1.807, 2.05) is 26.0 Å². The quantitative estimate of drug-likeness (QED) is 0.674. The third-order valence-electron chi connectivity index (χ3n) is 2.96.